The number of carbonyl (C=O) groups excluding carboxylic acids is 1. The summed E-state index contributed by atoms with van der Waals surface area (Å²) in [6.45, 7) is 4.25. The lowest BCUT2D eigenvalue weighted by molar-refractivity contribution is -0.138. The molecule has 1 aromatic heterocycles. The lowest BCUT2D eigenvalue weighted by Gasteiger charge is -2.12. The number of rotatable bonds is 6. The summed E-state index contributed by atoms with van der Waals surface area (Å²) < 4.78 is 0.949. The van der Waals surface area contributed by atoms with Crippen molar-refractivity contribution in [2.45, 2.75) is 26.7 Å². The SMILES string of the molecule is CCC(CNC(=O)c1cc(C)c(Br)s1)CC(=O)O. The molecule has 0 fully saturated rings. The van der Waals surface area contributed by atoms with E-state index < -0.39 is 5.97 Å². The highest BCUT2D eigenvalue weighted by Crippen LogP contribution is 2.27. The number of aliphatic carboxylic acids is 1. The minimum atomic E-state index is -0.828. The Labute approximate surface area is 119 Å². The Hall–Kier alpha value is -0.880. The molecule has 0 aliphatic carbocycles. The zero-order chi connectivity index (χ0) is 13.7. The summed E-state index contributed by atoms with van der Waals surface area (Å²) in [5.74, 6) is -0.987. The van der Waals surface area contributed by atoms with E-state index in [2.05, 4.69) is 21.2 Å². The number of carbonyl (C=O) groups is 2. The molecule has 0 saturated carbocycles. The number of carboxylic acid groups (broad SMARTS) is 1. The van der Waals surface area contributed by atoms with Gasteiger partial charge >= 0.3 is 5.97 Å². The second kappa shape index (κ2) is 6.89. The van der Waals surface area contributed by atoms with Crippen molar-refractivity contribution in [3.05, 3.63) is 20.3 Å². The van der Waals surface area contributed by atoms with Gasteiger partial charge < -0.3 is 10.4 Å². The molecule has 1 rings (SSSR count). The largest absolute Gasteiger partial charge is 0.481 e. The molecular formula is C12H16BrNO3S. The zero-order valence-electron chi connectivity index (χ0n) is 10.3. The molecule has 1 aromatic rings. The summed E-state index contributed by atoms with van der Waals surface area (Å²) in [4.78, 5) is 23.1. The maximum atomic E-state index is 11.8. The molecule has 6 heteroatoms. The van der Waals surface area contributed by atoms with E-state index in [0.29, 0.717) is 11.4 Å². The third kappa shape index (κ3) is 4.42. The summed E-state index contributed by atoms with van der Waals surface area (Å²) in [6, 6.07) is 1.82. The average molecular weight is 334 g/mol. The van der Waals surface area contributed by atoms with Crippen LogP contribution in [0.25, 0.3) is 0 Å². The van der Waals surface area contributed by atoms with E-state index in [9.17, 15) is 9.59 Å². The van der Waals surface area contributed by atoms with Crippen LogP contribution in [-0.4, -0.2) is 23.5 Å². The Balaban J connectivity index is 2.52. The van der Waals surface area contributed by atoms with Gasteiger partial charge in [-0.3, -0.25) is 9.59 Å². The first kappa shape index (κ1) is 15.2. The van der Waals surface area contributed by atoms with Crippen molar-refractivity contribution < 1.29 is 14.7 Å². The number of halogens is 1. The minimum absolute atomic E-state index is 0.0176. The molecule has 18 heavy (non-hydrogen) atoms. The van der Waals surface area contributed by atoms with Crippen LogP contribution in [0.2, 0.25) is 0 Å². The van der Waals surface area contributed by atoms with E-state index >= 15 is 0 Å². The average Bonchev–Trinajstić information content (AvgIpc) is 2.64. The van der Waals surface area contributed by atoms with Gasteiger partial charge in [-0.05, 0) is 40.4 Å². The molecule has 0 radical (unpaired) electrons. The molecule has 0 aromatic carbocycles. The van der Waals surface area contributed by atoms with Crippen molar-refractivity contribution in [1.29, 1.82) is 0 Å². The van der Waals surface area contributed by atoms with Crippen molar-refractivity contribution in [3.63, 3.8) is 0 Å². The van der Waals surface area contributed by atoms with Gasteiger partial charge in [-0.2, -0.15) is 0 Å². The molecule has 0 saturated heterocycles. The van der Waals surface area contributed by atoms with Gasteiger partial charge in [-0.1, -0.05) is 13.3 Å². The molecule has 1 amide bonds. The fraction of sp³-hybridized carbons (Fsp3) is 0.500. The fourth-order valence-corrected chi connectivity index (χ4v) is 2.95. The maximum Gasteiger partial charge on any atom is 0.303 e. The quantitative estimate of drug-likeness (QED) is 0.840. The molecule has 100 valence electrons. The maximum absolute atomic E-state index is 11.8. The minimum Gasteiger partial charge on any atom is -0.481 e. The molecule has 2 N–H and O–H groups in total. The number of amides is 1. The second-order valence-corrected chi connectivity index (χ2v) is 6.52. The van der Waals surface area contributed by atoms with E-state index in [0.717, 1.165) is 15.8 Å². The van der Waals surface area contributed by atoms with Crippen LogP contribution in [0.4, 0.5) is 0 Å². The fourth-order valence-electron chi connectivity index (χ4n) is 1.50. The predicted molar refractivity (Wildman–Crippen MR) is 75.1 cm³/mol. The second-order valence-electron chi connectivity index (χ2n) is 4.15. The molecule has 1 heterocycles. The van der Waals surface area contributed by atoms with Crippen molar-refractivity contribution in [3.8, 4) is 0 Å². The molecule has 1 unspecified atom stereocenters. The first-order valence-corrected chi connectivity index (χ1v) is 7.30. The first-order chi connectivity index (χ1) is 8.43. The van der Waals surface area contributed by atoms with Crippen LogP contribution in [0.1, 0.15) is 35.0 Å². The van der Waals surface area contributed by atoms with E-state index in [4.69, 9.17) is 5.11 Å². The normalized spacial score (nSPS) is 12.2. The summed E-state index contributed by atoms with van der Waals surface area (Å²) >= 11 is 4.76. The van der Waals surface area contributed by atoms with Crippen LogP contribution in [0, 0.1) is 12.8 Å². The van der Waals surface area contributed by atoms with Gasteiger partial charge in [-0.15, -0.1) is 11.3 Å². The highest BCUT2D eigenvalue weighted by molar-refractivity contribution is 9.11. The number of carboxylic acids is 1. The molecule has 1 atom stereocenters. The first-order valence-electron chi connectivity index (χ1n) is 5.70. The number of thiophene rings is 1. The molecule has 0 aliphatic rings. The molecule has 4 nitrogen and oxygen atoms in total. The number of aryl methyl sites for hydroxylation is 1. The highest BCUT2D eigenvalue weighted by atomic mass is 79.9. The van der Waals surface area contributed by atoms with Gasteiger partial charge in [0.2, 0.25) is 0 Å². The summed E-state index contributed by atoms with van der Waals surface area (Å²) in [7, 11) is 0. The van der Waals surface area contributed by atoms with Crippen molar-refractivity contribution in [1.82, 2.24) is 5.32 Å². The van der Waals surface area contributed by atoms with Gasteiger partial charge in [0.25, 0.3) is 5.91 Å². The van der Waals surface area contributed by atoms with Crippen molar-refractivity contribution in [2.75, 3.05) is 6.54 Å². The van der Waals surface area contributed by atoms with E-state index in [-0.39, 0.29) is 18.2 Å². The monoisotopic (exact) mass is 333 g/mol. The third-order valence-electron chi connectivity index (χ3n) is 2.67. The number of hydrogen-bond donors (Lipinski definition) is 2. The van der Waals surface area contributed by atoms with Gasteiger partial charge in [-0.25, -0.2) is 0 Å². The van der Waals surface area contributed by atoms with E-state index in [1.54, 1.807) is 0 Å². The number of nitrogens with one attached hydrogen (secondary N) is 1. The number of hydrogen-bond acceptors (Lipinski definition) is 3. The Morgan fingerprint density at radius 2 is 2.22 bits per heavy atom. The standard InChI is InChI=1S/C12H16BrNO3S/c1-3-8(5-10(15)16)6-14-12(17)9-4-7(2)11(13)18-9/h4,8H,3,5-6H2,1-2H3,(H,14,17)(H,15,16). The molecule has 0 spiro atoms. The topological polar surface area (TPSA) is 66.4 Å². The van der Waals surface area contributed by atoms with E-state index in [1.165, 1.54) is 11.3 Å². The lowest BCUT2D eigenvalue weighted by Crippen LogP contribution is -2.29. The Morgan fingerprint density at radius 1 is 1.56 bits per heavy atom. The predicted octanol–water partition coefficient (Wildman–Crippen LogP) is 3.05. The molecule has 0 bridgehead atoms. The van der Waals surface area contributed by atoms with Crippen LogP contribution in [-0.2, 0) is 4.79 Å². The summed E-state index contributed by atoms with van der Waals surface area (Å²) in [6.07, 6.45) is 0.823. The molecule has 0 aliphatic heterocycles. The van der Waals surface area contributed by atoms with Gasteiger partial charge in [0, 0.05) is 13.0 Å². The highest BCUT2D eigenvalue weighted by Gasteiger charge is 2.15. The van der Waals surface area contributed by atoms with Gasteiger partial charge in [0.1, 0.15) is 0 Å². The van der Waals surface area contributed by atoms with Crippen molar-refractivity contribution >= 4 is 39.1 Å². The van der Waals surface area contributed by atoms with Gasteiger partial charge in [0.05, 0.1) is 8.66 Å². The summed E-state index contributed by atoms with van der Waals surface area (Å²) in [5.41, 5.74) is 1.03. The van der Waals surface area contributed by atoms with Crippen LogP contribution in [0.15, 0.2) is 9.85 Å². The Bertz CT molecular complexity index is 425. The van der Waals surface area contributed by atoms with Crippen molar-refractivity contribution in [2.24, 2.45) is 5.92 Å². The zero-order valence-corrected chi connectivity index (χ0v) is 12.7. The van der Waals surface area contributed by atoms with Crippen LogP contribution >= 0.6 is 27.3 Å². The smallest absolute Gasteiger partial charge is 0.303 e. The Kier molecular flexibility index (Phi) is 5.81. The lowest BCUT2D eigenvalue weighted by atomic mass is 10.0. The molecular weight excluding hydrogens is 318 g/mol. The Morgan fingerprint density at radius 3 is 2.67 bits per heavy atom. The van der Waals surface area contributed by atoms with Crippen LogP contribution in [0.3, 0.4) is 0 Å². The van der Waals surface area contributed by atoms with Crippen LogP contribution in [0.5, 0.6) is 0 Å². The van der Waals surface area contributed by atoms with Gasteiger partial charge in [0.15, 0.2) is 0 Å². The summed E-state index contributed by atoms with van der Waals surface area (Å²) in [5, 5.41) is 11.5. The van der Waals surface area contributed by atoms with Crippen LogP contribution < -0.4 is 5.32 Å². The van der Waals surface area contributed by atoms with E-state index in [1.807, 2.05) is 19.9 Å². The third-order valence-corrected chi connectivity index (χ3v) is 4.81.